The second-order valence-electron chi connectivity index (χ2n) is 4.45. The van der Waals surface area contributed by atoms with Gasteiger partial charge < -0.3 is 5.32 Å². The fourth-order valence-electron chi connectivity index (χ4n) is 1.66. The highest BCUT2D eigenvalue weighted by atomic mass is 32.2. The van der Waals surface area contributed by atoms with E-state index in [0.29, 0.717) is 0 Å². The number of sulfonamides is 1. The zero-order valence-electron chi connectivity index (χ0n) is 10.4. The number of urea groups is 1. The minimum Gasteiger partial charge on any atom is -0.311 e. The molecule has 1 aliphatic rings. The van der Waals surface area contributed by atoms with Gasteiger partial charge in [0.15, 0.2) is 5.66 Å². The first kappa shape index (κ1) is 13.5. The van der Waals surface area contributed by atoms with Crippen LogP contribution in [0.2, 0.25) is 0 Å². The molecule has 0 bridgehead atoms. The first-order valence-electron chi connectivity index (χ1n) is 5.47. The van der Waals surface area contributed by atoms with E-state index in [2.05, 4.69) is 10.0 Å². The fraction of sp³-hybridized carbons (Fsp3) is 0.273. The monoisotopic (exact) mass is 283 g/mol. The second-order valence-corrected chi connectivity index (χ2v) is 6.13. The van der Waals surface area contributed by atoms with E-state index in [1.54, 1.807) is 12.1 Å². The molecule has 1 fully saturated rings. The smallest absolute Gasteiger partial charge is 0.311 e. The lowest BCUT2D eigenvalue weighted by Gasteiger charge is -2.21. The minimum absolute atomic E-state index is 0.0215. The van der Waals surface area contributed by atoms with E-state index in [4.69, 9.17) is 0 Å². The topological polar surface area (TPSA) is 104 Å². The Balaban J connectivity index is 2.29. The molecule has 2 rings (SSSR count). The number of hydrogen-bond donors (Lipinski definition) is 3. The maximum atomic E-state index is 12.1. The van der Waals surface area contributed by atoms with E-state index in [-0.39, 0.29) is 4.90 Å². The van der Waals surface area contributed by atoms with Crippen molar-refractivity contribution in [3.8, 4) is 0 Å². The number of aryl methyl sites for hydroxylation is 1. The zero-order valence-corrected chi connectivity index (χ0v) is 11.2. The third-order valence-corrected chi connectivity index (χ3v) is 4.28. The highest BCUT2D eigenvalue weighted by Crippen LogP contribution is 2.14. The summed E-state index contributed by atoms with van der Waals surface area (Å²) >= 11 is 0. The van der Waals surface area contributed by atoms with Crippen LogP contribution in [0, 0.1) is 6.92 Å². The molecule has 0 radical (unpaired) electrons. The maximum absolute atomic E-state index is 12.1. The first-order valence-corrected chi connectivity index (χ1v) is 6.95. The predicted molar refractivity (Wildman–Crippen MR) is 66.6 cm³/mol. The number of carbonyl (C=O) groups excluding carboxylic acids is 2. The highest BCUT2D eigenvalue weighted by molar-refractivity contribution is 7.89. The van der Waals surface area contributed by atoms with Crippen LogP contribution in [0.25, 0.3) is 0 Å². The SMILES string of the molecule is Cc1ccc(S(=O)(=O)NC2(C)NC(=O)NC2=O)cc1. The molecule has 0 aliphatic carbocycles. The van der Waals surface area contributed by atoms with Gasteiger partial charge in [-0.2, -0.15) is 4.72 Å². The first-order chi connectivity index (χ1) is 8.73. The molecule has 1 aromatic carbocycles. The van der Waals surface area contributed by atoms with Gasteiger partial charge in [0.25, 0.3) is 5.91 Å². The zero-order chi connectivity index (χ0) is 14.3. The van der Waals surface area contributed by atoms with Crippen LogP contribution in [0.15, 0.2) is 29.2 Å². The molecule has 0 spiro atoms. The lowest BCUT2D eigenvalue weighted by atomic mass is 10.2. The Morgan fingerprint density at radius 1 is 1.16 bits per heavy atom. The number of amides is 3. The normalized spacial score (nSPS) is 23.1. The van der Waals surface area contributed by atoms with E-state index in [9.17, 15) is 18.0 Å². The van der Waals surface area contributed by atoms with Crippen molar-refractivity contribution in [1.29, 1.82) is 0 Å². The van der Waals surface area contributed by atoms with Crippen LogP contribution in [0.3, 0.4) is 0 Å². The van der Waals surface area contributed by atoms with Gasteiger partial charge in [0.1, 0.15) is 0 Å². The molecule has 1 atom stereocenters. The Labute approximate surface area is 110 Å². The molecule has 1 aliphatic heterocycles. The quantitative estimate of drug-likeness (QED) is 0.670. The summed E-state index contributed by atoms with van der Waals surface area (Å²) in [4.78, 5) is 22.6. The number of nitrogens with one attached hydrogen (secondary N) is 3. The Morgan fingerprint density at radius 2 is 1.74 bits per heavy atom. The van der Waals surface area contributed by atoms with Crippen LogP contribution in [-0.2, 0) is 14.8 Å². The summed E-state index contributed by atoms with van der Waals surface area (Å²) in [5.41, 5.74) is -0.766. The molecule has 1 unspecified atom stereocenters. The van der Waals surface area contributed by atoms with E-state index >= 15 is 0 Å². The van der Waals surface area contributed by atoms with Gasteiger partial charge in [0.2, 0.25) is 10.0 Å². The summed E-state index contributed by atoms with van der Waals surface area (Å²) in [6.45, 7) is 3.11. The van der Waals surface area contributed by atoms with Crippen molar-refractivity contribution in [2.24, 2.45) is 0 Å². The van der Waals surface area contributed by atoms with Crippen LogP contribution >= 0.6 is 0 Å². The number of hydrogen-bond acceptors (Lipinski definition) is 4. The highest BCUT2D eigenvalue weighted by Gasteiger charge is 2.45. The lowest BCUT2D eigenvalue weighted by Crippen LogP contribution is -2.58. The third-order valence-electron chi connectivity index (χ3n) is 2.71. The molecular formula is C11H13N3O4S. The van der Waals surface area contributed by atoms with E-state index in [0.717, 1.165) is 5.56 Å². The van der Waals surface area contributed by atoms with Gasteiger partial charge in [-0.05, 0) is 26.0 Å². The lowest BCUT2D eigenvalue weighted by molar-refractivity contribution is -0.123. The van der Waals surface area contributed by atoms with Gasteiger partial charge >= 0.3 is 6.03 Å². The molecule has 3 N–H and O–H groups in total. The average molecular weight is 283 g/mol. The van der Waals surface area contributed by atoms with Crippen molar-refractivity contribution in [3.05, 3.63) is 29.8 Å². The molecule has 1 saturated heterocycles. The maximum Gasteiger partial charge on any atom is 0.323 e. The average Bonchev–Trinajstić information content (AvgIpc) is 2.51. The summed E-state index contributed by atoms with van der Waals surface area (Å²) in [5.74, 6) is -0.742. The Hall–Kier alpha value is -1.93. The molecule has 7 nitrogen and oxygen atoms in total. The van der Waals surface area contributed by atoms with Crippen LogP contribution < -0.4 is 15.4 Å². The van der Waals surface area contributed by atoms with Crippen molar-refractivity contribution in [2.75, 3.05) is 0 Å². The minimum atomic E-state index is -3.90. The number of carbonyl (C=O) groups is 2. The summed E-state index contributed by atoms with van der Waals surface area (Å²) in [6, 6.07) is 5.40. The van der Waals surface area contributed by atoms with Gasteiger partial charge in [-0.25, -0.2) is 13.2 Å². The van der Waals surface area contributed by atoms with Crippen LogP contribution in [-0.4, -0.2) is 26.0 Å². The summed E-state index contributed by atoms with van der Waals surface area (Å²) in [7, 11) is -3.90. The second kappa shape index (κ2) is 4.32. The molecular weight excluding hydrogens is 270 g/mol. The molecule has 19 heavy (non-hydrogen) atoms. The molecule has 0 saturated carbocycles. The Morgan fingerprint density at radius 3 is 2.21 bits per heavy atom. The number of benzene rings is 1. The van der Waals surface area contributed by atoms with Crippen molar-refractivity contribution in [2.45, 2.75) is 24.4 Å². The van der Waals surface area contributed by atoms with E-state index in [1.165, 1.54) is 19.1 Å². The summed E-state index contributed by atoms with van der Waals surface area (Å²) in [6.07, 6.45) is 0. The molecule has 0 aromatic heterocycles. The fourth-order valence-corrected chi connectivity index (χ4v) is 2.95. The van der Waals surface area contributed by atoms with Gasteiger partial charge in [-0.1, -0.05) is 17.7 Å². The molecule has 102 valence electrons. The third kappa shape index (κ3) is 2.59. The van der Waals surface area contributed by atoms with E-state index < -0.39 is 27.6 Å². The Bertz CT molecular complexity index is 638. The van der Waals surface area contributed by atoms with Crippen LogP contribution in [0.4, 0.5) is 4.79 Å². The van der Waals surface area contributed by atoms with Gasteiger partial charge in [0, 0.05) is 0 Å². The largest absolute Gasteiger partial charge is 0.323 e. The Kier molecular flexibility index (Phi) is 3.07. The summed E-state index contributed by atoms with van der Waals surface area (Å²) in [5, 5.41) is 4.20. The van der Waals surface area contributed by atoms with Crippen LogP contribution in [0.1, 0.15) is 12.5 Å². The number of rotatable bonds is 3. The van der Waals surface area contributed by atoms with Crippen molar-refractivity contribution >= 4 is 22.0 Å². The molecule has 1 aromatic rings. The molecule has 8 heteroatoms. The molecule has 3 amide bonds. The van der Waals surface area contributed by atoms with Crippen molar-refractivity contribution in [1.82, 2.24) is 15.4 Å². The van der Waals surface area contributed by atoms with E-state index in [1.807, 2.05) is 12.2 Å². The summed E-state index contributed by atoms with van der Waals surface area (Å²) < 4.78 is 26.4. The van der Waals surface area contributed by atoms with Gasteiger partial charge in [0.05, 0.1) is 4.90 Å². The standard InChI is InChI=1S/C11H13N3O4S/c1-7-3-5-8(6-4-7)19(17,18)14-11(2)9(15)12-10(16)13-11/h3-6,14H,1-2H3,(H2,12,13,15,16). The van der Waals surface area contributed by atoms with Gasteiger partial charge in [-0.15, -0.1) is 0 Å². The van der Waals surface area contributed by atoms with Gasteiger partial charge in [-0.3, -0.25) is 10.1 Å². The predicted octanol–water partition coefficient (Wildman–Crippen LogP) is -0.171. The molecule has 1 heterocycles. The number of imide groups is 1. The van der Waals surface area contributed by atoms with Crippen molar-refractivity contribution < 1.29 is 18.0 Å². The van der Waals surface area contributed by atoms with Crippen molar-refractivity contribution in [3.63, 3.8) is 0 Å². The van der Waals surface area contributed by atoms with Crippen LogP contribution in [0.5, 0.6) is 0 Å².